The van der Waals surface area contributed by atoms with Gasteiger partial charge in [-0.1, -0.05) is 0 Å². The van der Waals surface area contributed by atoms with Crippen LogP contribution in [0.3, 0.4) is 0 Å². The minimum absolute atomic E-state index is 0.116. The van der Waals surface area contributed by atoms with E-state index < -0.39 is 52.9 Å². The number of aromatic nitrogens is 5. The van der Waals surface area contributed by atoms with Gasteiger partial charge < -0.3 is 9.84 Å². The van der Waals surface area contributed by atoms with Crippen LogP contribution in [-0.2, 0) is 18.1 Å². The molecule has 0 saturated heterocycles. The molecule has 0 spiro atoms. The Hall–Kier alpha value is -4.07. The number of hydrogen-bond donors (Lipinski definition) is 1. The molecular weight excluding hydrogens is 499 g/mol. The average molecular weight is 513 g/mol. The van der Waals surface area contributed by atoms with E-state index in [-0.39, 0.29) is 11.3 Å². The molecule has 0 radical (unpaired) electrons. The average Bonchev–Trinajstić information content (AvgIpc) is 3.31. The Balaban J connectivity index is 1.69. The lowest BCUT2D eigenvalue weighted by Crippen LogP contribution is -2.47. The van der Waals surface area contributed by atoms with E-state index in [1.165, 1.54) is 12.1 Å². The highest BCUT2D eigenvalue weighted by Gasteiger charge is 2.57. The third-order valence-electron chi connectivity index (χ3n) is 5.19. The first-order chi connectivity index (χ1) is 16.9. The Morgan fingerprint density at radius 1 is 0.917 bits per heavy atom. The number of pyridine rings is 1. The summed E-state index contributed by atoms with van der Waals surface area (Å²) in [5, 5.41) is 21.2. The summed E-state index contributed by atoms with van der Waals surface area (Å²) in [7, 11) is 0. The van der Waals surface area contributed by atoms with Crippen LogP contribution in [-0.4, -0.2) is 36.7 Å². The molecule has 2 heterocycles. The molecule has 1 atom stereocenters. The highest BCUT2D eigenvalue weighted by Crippen LogP contribution is 2.47. The monoisotopic (exact) mass is 513 g/mol. The summed E-state index contributed by atoms with van der Waals surface area (Å²) in [5.41, 5.74) is -4.62. The van der Waals surface area contributed by atoms with Crippen LogP contribution in [0, 0.1) is 11.6 Å². The SMILES string of the molecule is OC(Cn1cnnn1)(c1ccc(F)cc1F)C(F)(F)c1ccc(-c2ccc(OC(F)(F)F)cc2)nc1. The van der Waals surface area contributed by atoms with E-state index in [1.54, 1.807) is 0 Å². The lowest BCUT2D eigenvalue weighted by molar-refractivity contribution is -0.274. The molecule has 0 aliphatic rings. The Morgan fingerprint density at radius 3 is 2.19 bits per heavy atom. The molecule has 2 aromatic heterocycles. The third kappa shape index (κ3) is 4.98. The van der Waals surface area contributed by atoms with E-state index in [0.29, 0.717) is 18.2 Å². The summed E-state index contributed by atoms with van der Waals surface area (Å²) < 4.78 is 101. The largest absolute Gasteiger partial charge is 0.573 e. The molecule has 0 saturated carbocycles. The highest BCUT2D eigenvalue weighted by atomic mass is 19.4. The lowest BCUT2D eigenvalue weighted by atomic mass is 9.83. The fourth-order valence-corrected chi connectivity index (χ4v) is 3.48. The quantitative estimate of drug-likeness (QED) is 0.364. The molecule has 0 aliphatic carbocycles. The molecule has 0 fully saturated rings. The number of halogens is 7. The summed E-state index contributed by atoms with van der Waals surface area (Å²) in [6.07, 6.45) is -3.23. The number of tetrazole rings is 1. The molecule has 0 bridgehead atoms. The van der Waals surface area contributed by atoms with Crippen LogP contribution in [0.1, 0.15) is 11.1 Å². The van der Waals surface area contributed by atoms with Crippen molar-refractivity contribution in [2.45, 2.75) is 24.4 Å². The highest BCUT2D eigenvalue weighted by molar-refractivity contribution is 5.60. The molecule has 1 unspecified atom stereocenters. The molecule has 36 heavy (non-hydrogen) atoms. The first kappa shape index (κ1) is 25.0. The first-order valence-corrected chi connectivity index (χ1v) is 9.98. The number of rotatable bonds is 7. The molecule has 188 valence electrons. The molecule has 7 nitrogen and oxygen atoms in total. The number of hydrogen-bond acceptors (Lipinski definition) is 6. The number of ether oxygens (including phenoxy) is 1. The first-order valence-electron chi connectivity index (χ1n) is 9.98. The van der Waals surface area contributed by atoms with Crippen molar-refractivity contribution in [2.24, 2.45) is 0 Å². The standard InChI is InChI=1S/C22H14F7N5O2/c23-15-4-7-17(18(24)9-15)20(35,11-34-12-31-32-33-34)21(25,26)14-3-8-19(30-10-14)13-1-5-16(6-2-13)36-22(27,28)29/h1-10,12,35H,11H2. The van der Waals surface area contributed by atoms with Crippen molar-refractivity contribution in [3.63, 3.8) is 0 Å². The molecule has 2 aromatic carbocycles. The van der Waals surface area contributed by atoms with Crippen LogP contribution in [0.4, 0.5) is 30.7 Å². The van der Waals surface area contributed by atoms with Gasteiger partial charge in [0.25, 0.3) is 0 Å². The Morgan fingerprint density at radius 2 is 1.64 bits per heavy atom. The van der Waals surface area contributed by atoms with Gasteiger partial charge in [0.2, 0.25) is 0 Å². The van der Waals surface area contributed by atoms with Crippen LogP contribution in [0.25, 0.3) is 11.3 Å². The fraction of sp³-hybridized carbons (Fsp3) is 0.182. The Kier molecular flexibility index (Phi) is 6.39. The second-order valence-electron chi connectivity index (χ2n) is 7.57. The summed E-state index contributed by atoms with van der Waals surface area (Å²) in [5.74, 6) is -7.14. The van der Waals surface area contributed by atoms with Crippen molar-refractivity contribution in [1.82, 2.24) is 25.2 Å². The van der Waals surface area contributed by atoms with Gasteiger partial charge in [-0.15, -0.1) is 18.3 Å². The van der Waals surface area contributed by atoms with E-state index in [9.17, 15) is 27.1 Å². The van der Waals surface area contributed by atoms with Gasteiger partial charge >= 0.3 is 12.3 Å². The van der Waals surface area contributed by atoms with Gasteiger partial charge in [-0.25, -0.2) is 13.5 Å². The number of aliphatic hydroxyl groups is 1. The molecule has 0 amide bonds. The minimum atomic E-state index is -4.88. The van der Waals surface area contributed by atoms with Gasteiger partial charge in [0.1, 0.15) is 23.7 Å². The maximum absolute atomic E-state index is 15.8. The number of nitrogens with zero attached hydrogens (tertiary/aromatic N) is 5. The van der Waals surface area contributed by atoms with Crippen LogP contribution in [0.15, 0.2) is 67.1 Å². The lowest BCUT2D eigenvalue weighted by Gasteiger charge is -2.36. The van der Waals surface area contributed by atoms with Gasteiger partial charge in [-0.2, -0.15) is 8.78 Å². The number of alkyl halides is 5. The van der Waals surface area contributed by atoms with E-state index in [2.05, 4.69) is 25.2 Å². The van der Waals surface area contributed by atoms with Crippen molar-refractivity contribution in [1.29, 1.82) is 0 Å². The van der Waals surface area contributed by atoms with Crippen LogP contribution >= 0.6 is 0 Å². The second-order valence-corrected chi connectivity index (χ2v) is 7.57. The molecule has 0 aliphatic heterocycles. The van der Waals surface area contributed by atoms with Gasteiger partial charge in [0.15, 0.2) is 5.60 Å². The van der Waals surface area contributed by atoms with E-state index in [0.717, 1.165) is 41.5 Å². The van der Waals surface area contributed by atoms with Crippen molar-refractivity contribution < 1.29 is 40.6 Å². The molecule has 14 heteroatoms. The second kappa shape index (κ2) is 9.18. The molecule has 4 rings (SSSR count). The zero-order valence-corrected chi connectivity index (χ0v) is 17.8. The molecule has 1 N–H and O–H groups in total. The zero-order chi connectivity index (χ0) is 26.1. The normalized spacial score (nSPS) is 13.9. The van der Waals surface area contributed by atoms with Crippen molar-refractivity contribution in [2.75, 3.05) is 0 Å². The van der Waals surface area contributed by atoms with E-state index in [4.69, 9.17) is 0 Å². The predicted molar refractivity (Wildman–Crippen MR) is 108 cm³/mol. The maximum atomic E-state index is 15.8. The summed E-state index contributed by atoms with van der Waals surface area (Å²) >= 11 is 0. The van der Waals surface area contributed by atoms with Gasteiger partial charge in [0, 0.05) is 29.0 Å². The zero-order valence-electron chi connectivity index (χ0n) is 17.8. The summed E-state index contributed by atoms with van der Waals surface area (Å²) in [4.78, 5) is 3.91. The summed E-state index contributed by atoms with van der Waals surface area (Å²) in [6, 6.07) is 8.33. The smallest absolute Gasteiger partial charge is 0.406 e. The minimum Gasteiger partial charge on any atom is -0.406 e. The van der Waals surface area contributed by atoms with E-state index >= 15 is 8.78 Å². The Bertz CT molecular complexity index is 1330. The van der Waals surface area contributed by atoms with Crippen LogP contribution in [0.5, 0.6) is 5.75 Å². The van der Waals surface area contributed by atoms with Gasteiger partial charge in [-0.3, -0.25) is 4.98 Å². The maximum Gasteiger partial charge on any atom is 0.573 e. The van der Waals surface area contributed by atoms with Crippen molar-refractivity contribution in [3.8, 4) is 17.0 Å². The topological polar surface area (TPSA) is 86.0 Å². The summed E-state index contributed by atoms with van der Waals surface area (Å²) in [6.45, 7) is -1.00. The molecular formula is C22H14F7N5O2. The predicted octanol–water partition coefficient (Wildman–Crippen LogP) is 4.59. The van der Waals surface area contributed by atoms with Crippen LogP contribution in [0.2, 0.25) is 0 Å². The van der Waals surface area contributed by atoms with Gasteiger partial charge in [0.05, 0.1) is 12.2 Å². The fourth-order valence-electron chi connectivity index (χ4n) is 3.48. The van der Waals surface area contributed by atoms with Crippen molar-refractivity contribution >= 4 is 0 Å². The Labute approximate surface area is 197 Å². The number of benzene rings is 2. The van der Waals surface area contributed by atoms with Crippen molar-refractivity contribution in [3.05, 3.63) is 89.9 Å². The van der Waals surface area contributed by atoms with Crippen LogP contribution < -0.4 is 4.74 Å². The molecule has 4 aromatic rings. The van der Waals surface area contributed by atoms with E-state index in [1.807, 2.05) is 0 Å². The third-order valence-corrected chi connectivity index (χ3v) is 5.19. The van der Waals surface area contributed by atoms with Gasteiger partial charge in [-0.05, 0) is 59.0 Å².